The summed E-state index contributed by atoms with van der Waals surface area (Å²) < 4.78 is 5.38. The third-order valence-corrected chi connectivity index (χ3v) is 3.35. The van der Waals surface area contributed by atoms with Gasteiger partial charge in [-0.1, -0.05) is 12.1 Å². The maximum absolute atomic E-state index is 11.0. The van der Waals surface area contributed by atoms with E-state index in [0.29, 0.717) is 31.5 Å². The van der Waals surface area contributed by atoms with Gasteiger partial charge in [-0.05, 0) is 12.5 Å². The van der Waals surface area contributed by atoms with Crippen LogP contribution in [0.3, 0.4) is 0 Å². The lowest BCUT2D eigenvalue weighted by molar-refractivity contribution is -0.384. The fourth-order valence-electron chi connectivity index (χ4n) is 2.25. The Morgan fingerprint density at radius 3 is 3.05 bits per heavy atom. The Morgan fingerprint density at radius 2 is 2.42 bits per heavy atom. The number of nitro groups is 1. The minimum Gasteiger partial charge on any atom is -0.379 e. The van der Waals surface area contributed by atoms with E-state index in [1.807, 2.05) is 6.07 Å². The summed E-state index contributed by atoms with van der Waals surface area (Å²) in [7, 11) is 0. The second kappa shape index (κ2) is 5.96. The van der Waals surface area contributed by atoms with Crippen molar-refractivity contribution in [2.75, 3.05) is 25.2 Å². The zero-order valence-corrected chi connectivity index (χ0v) is 10.8. The molecular formula is C12H18N4O3. The summed E-state index contributed by atoms with van der Waals surface area (Å²) >= 11 is 0. The molecule has 0 amide bonds. The third kappa shape index (κ3) is 3.01. The Hall–Kier alpha value is -1.70. The van der Waals surface area contributed by atoms with Crippen molar-refractivity contribution in [3.8, 4) is 0 Å². The Morgan fingerprint density at radius 1 is 1.63 bits per heavy atom. The quantitative estimate of drug-likeness (QED) is 0.481. The Kier molecular flexibility index (Phi) is 4.31. The van der Waals surface area contributed by atoms with Crippen LogP contribution in [-0.4, -0.2) is 35.6 Å². The highest BCUT2D eigenvalue weighted by atomic mass is 16.6. The number of nitrogens with zero attached hydrogens (tertiary/aromatic N) is 2. The molecular weight excluding hydrogens is 248 g/mol. The van der Waals surface area contributed by atoms with Crippen LogP contribution >= 0.6 is 0 Å². The lowest BCUT2D eigenvalue weighted by Gasteiger charge is -2.33. The molecule has 3 N–H and O–H groups in total. The van der Waals surface area contributed by atoms with Crippen LogP contribution in [0.2, 0.25) is 0 Å². The summed E-state index contributed by atoms with van der Waals surface area (Å²) in [4.78, 5) is 12.8. The topological polar surface area (TPSA) is 93.7 Å². The summed E-state index contributed by atoms with van der Waals surface area (Å²) in [6.45, 7) is 4.87. The van der Waals surface area contributed by atoms with Gasteiger partial charge in [-0.25, -0.2) is 0 Å². The highest BCUT2D eigenvalue weighted by Crippen LogP contribution is 2.28. The smallest absolute Gasteiger partial charge is 0.293 e. The number of nitrogens with one attached hydrogen (secondary N) is 1. The molecule has 104 valence electrons. The van der Waals surface area contributed by atoms with Gasteiger partial charge >= 0.3 is 0 Å². The van der Waals surface area contributed by atoms with Gasteiger partial charge in [-0.15, -0.1) is 0 Å². The molecule has 1 unspecified atom stereocenters. The minimum absolute atomic E-state index is 0.000845. The number of ether oxygens (including phenoxy) is 1. The molecule has 1 aliphatic heterocycles. The maximum Gasteiger partial charge on any atom is 0.293 e. The monoisotopic (exact) mass is 266 g/mol. The van der Waals surface area contributed by atoms with Gasteiger partial charge in [0.15, 0.2) is 0 Å². The zero-order valence-electron chi connectivity index (χ0n) is 10.8. The van der Waals surface area contributed by atoms with Crippen LogP contribution < -0.4 is 11.3 Å². The molecule has 2 rings (SSSR count). The molecule has 0 spiro atoms. The van der Waals surface area contributed by atoms with Crippen LogP contribution in [0.1, 0.15) is 12.5 Å². The van der Waals surface area contributed by atoms with Crippen molar-refractivity contribution < 1.29 is 9.66 Å². The third-order valence-electron chi connectivity index (χ3n) is 3.35. The normalized spacial score (nSPS) is 20.2. The number of morpholine rings is 1. The van der Waals surface area contributed by atoms with E-state index in [-0.39, 0.29) is 5.69 Å². The number of anilines is 1. The number of nitrogens with two attached hydrogens (primary N) is 1. The summed E-state index contributed by atoms with van der Waals surface area (Å²) in [5, 5.41) is 11.0. The van der Waals surface area contributed by atoms with Gasteiger partial charge in [0.2, 0.25) is 0 Å². The molecule has 7 heteroatoms. The number of nitro benzene ring substituents is 1. The number of rotatable bonds is 4. The standard InChI is InChI=1S/C12H18N4O3/c1-9-8-19-6-5-15(9)7-10-3-2-4-11(16(17)18)12(10)14-13/h2-4,9,14H,5-8,13H2,1H3. The fourth-order valence-corrected chi connectivity index (χ4v) is 2.25. The van der Waals surface area contributed by atoms with Crippen LogP contribution in [-0.2, 0) is 11.3 Å². The molecule has 0 saturated carbocycles. The average Bonchev–Trinajstić information content (AvgIpc) is 2.41. The van der Waals surface area contributed by atoms with Gasteiger partial charge in [0.1, 0.15) is 5.69 Å². The minimum atomic E-state index is -0.429. The van der Waals surface area contributed by atoms with Crippen molar-refractivity contribution in [3.63, 3.8) is 0 Å². The lowest BCUT2D eigenvalue weighted by Crippen LogP contribution is -2.43. The zero-order chi connectivity index (χ0) is 13.8. The molecule has 0 radical (unpaired) electrons. The van der Waals surface area contributed by atoms with Gasteiger partial charge in [0, 0.05) is 25.2 Å². The van der Waals surface area contributed by atoms with Crippen molar-refractivity contribution in [3.05, 3.63) is 33.9 Å². The van der Waals surface area contributed by atoms with E-state index >= 15 is 0 Å². The van der Waals surface area contributed by atoms with Gasteiger partial charge in [-0.3, -0.25) is 20.9 Å². The summed E-state index contributed by atoms with van der Waals surface area (Å²) in [5.74, 6) is 5.43. The van der Waals surface area contributed by atoms with Crippen molar-refractivity contribution >= 4 is 11.4 Å². The molecule has 0 aromatic heterocycles. The number of benzene rings is 1. The first-order chi connectivity index (χ1) is 9.13. The number of para-hydroxylation sites is 1. The van der Waals surface area contributed by atoms with E-state index in [1.165, 1.54) is 6.07 Å². The Balaban J connectivity index is 2.24. The SMILES string of the molecule is CC1COCCN1Cc1cccc([N+](=O)[O-])c1NN. The molecule has 19 heavy (non-hydrogen) atoms. The molecule has 1 fully saturated rings. The molecule has 0 bridgehead atoms. The molecule has 1 aromatic carbocycles. The highest BCUT2D eigenvalue weighted by molar-refractivity contribution is 5.65. The molecule has 1 heterocycles. The highest BCUT2D eigenvalue weighted by Gasteiger charge is 2.22. The predicted molar refractivity (Wildman–Crippen MR) is 71.6 cm³/mol. The largest absolute Gasteiger partial charge is 0.379 e. The fraction of sp³-hybridized carbons (Fsp3) is 0.500. The number of hydrazine groups is 1. The maximum atomic E-state index is 11.0. The van der Waals surface area contributed by atoms with Crippen molar-refractivity contribution in [2.45, 2.75) is 19.5 Å². The van der Waals surface area contributed by atoms with E-state index in [9.17, 15) is 10.1 Å². The second-order valence-corrected chi connectivity index (χ2v) is 4.61. The molecule has 1 atom stereocenters. The van der Waals surface area contributed by atoms with Crippen molar-refractivity contribution in [2.24, 2.45) is 5.84 Å². The molecule has 1 aliphatic rings. The number of hydrogen-bond donors (Lipinski definition) is 2. The molecule has 7 nitrogen and oxygen atoms in total. The second-order valence-electron chi connectivity index (χ2n) is 4.61. The van der Waals surface area contributed by atoms with E-state index < -0.39 is 4.92 Å². The van der Waals surface area contributed by atoms with Crippen LogP contribution in [0.15, 0.2) is 18.2 Å². The number of hydrogen-bond acceptors (Lipinski definition) is 6. The summed E-state index contributed by atoms with van der Waals surface area (Å²) in [6.07, 6.45) is 0. The molecule has 1 aromatic rings. The molecule has 0 aliphatic carbocycles. The number of nitrogen functional groups attached to an aromatic ring is 1. The summed E-state index contributed by atoms with van der Waals surface area (Å²) in [6, 6.07) is 5.27. The van der Waals surface area contributed by atoms with Gasteiger partial charge in [0.05, 0.1) is 18.1 Å². The Labute approximate surface area is 111 Å². The van der Waals surface area contributed by atoms with E-state index in [2.05, 4.69) is 17.2 Å². The van der Waals surface area contributed by atoms with Crippen molar-refractivity contribution in [1.29, 1.82) is 0 Å². The van der Waals surface area contributed by atoms with Crippen LogP contribution in [0.5, 0.6) is 0 Å². The average molecular weight is 266 g/mol. The van der Waals surface area contributed by atoms with E-state index in [4.69, 9.17) is 10.6 Å². The van der Waals surface area contributed by atoms with Gasteiger partial charge < -0.3 is 10.2 Å². The molecule has 1 saturated heterocycles. The first-order valence-electron chi connectivity index (χ1n) is 6.18. The van der Waals surface area contributed by atoms with E-state index in [0.717, 1.165) is 12.1 Å². The van der Waals surface area contributed by atoms with Gasteiger partial charge in [-0.2, -0.15) is 0 Å². The lowest BCUT2D eigenvalue weighted by atomic mass is 10.1. The first kappa shape index (κ1) is 13.7. The summed E-state index contributed by atoms with van der Waals surface area (Å²) in [5.41, 5.74) is 3.66. The van der Waals surface area contributed by atoms with E-state index in [1.54, 1.807) is 6.07 Å². The Bertz CT molecular complexity index is 466. The predicted octanol–water partition coefficient (Wildman–Crippen LogP) is 1.10. The van der Waals surface area contributed by atoms with Crippen LogP contribution in [0.25, 0.3) is 0 Å². The van der Waals surface area contributed by atoms with Gasteiger partial charge in [0.25, 0.3) is 5.69 Å². The first-order valence-corrected chi connectivity index (χ1v) is 6.18. The van der Waals surface area contributed by atoms with Crippen molar-refractivity contribution in [1.82, 2.24) is 4.90 Å². The van der Waals surface area contributed by atoms with Crippen LogP contribution in [0.4, 0.5) is 11.4 Å². The van der Waals surface area contributed by atoms with Crippen LogP contribution in [0, 0.1) is 10.1 Å².